The van der Waals surface area contributed by atoms with E-state index < -0.39 is 0 Å². The largest absolute Gasteiger partial charge is 0.466 e. The van der Waals surface area contributed by atoms with Crippen molar-refractivity contribution in [1.29, 1.82) is 0 Å². The summed E-state index contributed by atoms with van der Waals surface area (Å²) in [5, 5.41) is 0.647. The summed E-state index contributed by atoms with van der Waals surface area (Å²) in [5.74, 6) is -0.381. The van der Waals surface area contributed by atoms with Gasteiger partial charge >= 0.3 is 5.97 Å². The smallest absolute Gasteiger partial charge is 0.305 e. The second-order valence-electron chi connectivity index (χ2n) is 4.79. The molecule has 4 nitrogen and oxygen atoms in total. The molecule has 0 N–H and O–H groups in total. The number of halogens is 1. The zero-order valence-corrected chi connectivity index (χ0v) is 15.0. The summed E-state index contributed by atoms with van der Waals surface area (Å²) in [5.41, 5.74) is 0.890. The molecule has 1 amide bonds. The number of hydrogen-bond donors (Lipinski definition) is 0. The Morgan fingerprint density at radius 2 is 2.09 bits per heavy atom. The Morgan fingerprint density at radius 3 is 2.74 bits per heavy atom. The molecule has 7 heteroatoms. The van der Waals surface area contributed by atoms with E-state index in [1.165, 1.54) is 16.7 Å². The topological polar surface area (TPSA) is 46.6 Å². The van der Waals surface area contributed by atoms with Crippen molar-refractivity contribution in [3.05, 3.63) is 39.8 Å². The van der Waals surface area contributed by atoms with Gasteiger partial charge in [-0.15, -0.1) is 0 Å². The molecule has 1 fully saturated rings. The Balaban J connectivity index is 1.96. The summed E-state index contributed by atoms with van der Waals surface area (Å²) < 4.78 is 5.38. The van der Waals surface area contributed by atoms with Gasteiger partial charge in [0.15, 0.2) is 0 Å². The summed E-state index contributed by atoms with van der Waals surface area (Å²) >= 11 is 12.4. The molecule has 1 aromatic carbocycles. The van der Waals surface area contributed by atoms with Crippen LogP contribution in [0, 0.1) is 0 Å². The predicted octanol–water partition coefficient (Wildman–Crippen LogP) is 3.88. The highest BCUT2D eigenvalue weighted by molar-refractivity contribution is 8.26. The zero-order valence-electron chi connectivity index (χ0n) is 12.6. The van der Waals surface area contributed by atoms with Crippen LogP contribution in [0.5, 0.6) is 0 Å². The lowest BCUT2D eigenvalue weighted by atomic mass is 10.2. The Morgan fingerprint density at radius 1 is 1.39 bits per heavy atom. The van der Waals surface area contributed by atoms with Crippen LogP contribution in [0.25, 0.3) is 6.08 Å². The van der Waals surface area contributed by atoms with E-state index >= 15 is 0 Å². The number of carbonyl (C=O) groups is 2. The number of thiocarbonyl (C=S) groups is 1. The van der Waals surface area contributed by atoms with Crippen molar-refractivity contribution in [3.8, 4) is 0 Å². The molecule has 0 spiro atoms. The number of amides is 1. The molecular weight excluding hydrogens is 354 g/mol. The molecule has 1 aliphatic rings. The fourth-order valence-corrected chi connectivity index (χ4v) is 3.45. The summed E-state index contributed by atoms with van der Waals surface area (Å²) in [7, 11) is 0. The van der Waals surface area contributed by atoms with Gasteiger partial charge in [0, 0.05) is 18.0 Å². The van der Waals surface area contributed by atoms with Gasteiger partial charge in [-0.2, -0.15) is 0 Å². The SMILES string of the molecule is CCOC(=O)CCCN1C(=O)/C(=C/c2ccc(Cl)cc2)SC1=S. The molecule has 2 rings (SSSR count). The molecule has 23 heavy (non-hydrogen) atoms. The number of ether oxygens (including phenoxy) is 1. The van der Waals surface area contributed by atoms with E-state index in [1.54, 1.807) is 25.1 Å². The second-order valence-corrected chi connectivity index (χ2v) is 6.91. The number of esters is 1. The second kappa shape index (κ2) is 8.47. The van der Waals surface area contributed by atoms with Gasteiger partial charge < -0.3 is 4.74 Å². The Bertz CT molecular complexity index is 643. The molecular formula is C16H16ClNO3S2. The third-order valence-electron chi connectivity index (χ3n) is 3.11. The first-order valence-corrected chi connectivity index (χ1v) is 8.78. The maximum Gasteiger partial charge on any atom is 0.305 e. The molecule has 0 unspecified atom stereocenters. The van der Waals surface area contributed by atoms with Crippen LogP contribution in [-0.2, 0) is 14.3 Å². The van der Waals surface area contributed by atoms with Crippen LogP contribution in [0.4, 0.5) is 0 Å². The lowest BCUT2D eigenvalue weighted by molar-refractivity contribution is -0.143. The van der Waals surface area contributed by atoms with Crippen LogP contribution in [0.1, 0.15) is 25.3 Å². The van der Waals surface area contributed by atoms with Gasteiger partial charge in [-0.3, -0.25) is 14.5 Å². The van der Waals surface area contributed by atoms with Gasteiger partial charge in [-0.05, 0) is 37.1 Å². The van der Waals surface area contributed by atoms with Crippen LogP contribution in [0.3, 0.4) is 0 Å². The minimum Gasteiger partial charge on any atom is -0.466 e. The fraction of sp³-hybridized carbons (Fsp3) is 0.312. The van der Waals surface area contributed by atoms with Gasteiger partial charge in [0.05, 0.1) is 11.5 Å². The number of hydrogen-bond acceptors (Lipinski definition) is 5. The Kier molecular flexibility index (Phi) is 6.62. The number of rotatable bonds is 6. The van der Waals surface area contributed by atoms with Crippen molar-refractivity contribution in [2.24, 2.45) is 0 Å². The van der Waals surface area contributed by atoms with Crippen molar-refractivity contribution in [2.75, 3.05) is 13.2 Å². The maximum absolute atomic E-state index is 12.4. The minimum atomic E-state index is -0.255. The quantitative estimate of drug-likeness (QED) is 0.432. The van der Waals surface area contributed by atoms with Gasteiger partial charge in [-0.1, -0.05) is 47.7 Å². The normalized spacial score (nSPS) is 16.3. The minimum absolute atomic E-state index is 0.126. The first kappa shape index (κ1) is 18.0. The first-order chi connectivity index (χ1) is 11.0. The molecule has 1 aliphatic heterocycles. The number of thioether (sulfide) groups is 1. The van der Waals surface area contributed by atoms with Crippen molar-refractivity contribution >= 4 is 57.9 Å². The van der Waals surface area contributed by atoms with E-state index in [4.69, 9.17) is 28.6 Å². The van der Waals surface area contributed by atoms with Crippen LogP contribution in [0.15, 0.2) is 29.2 Å². The maximum atomic E-state index is 12.4. The molecule has 1 saturated heterocycles. The number of nitrogens with zero attached hydrogens (tertiary/aromatic N) is 1. The summed E-state index contributed by atoms with van der Waals surface area (Å²) in [6.45, 7) is 2.55. The van der Waals surface area contributed by atoms with Crippen molar-refractivity contribution in [3.63, 3.8) is 0 Å². The van der Waals surface area contributed by atoms with E-state index in [9.17, 15) is 9.59 Å². The van der Waals surface area contributed by atoms with Crippen LogP contribution in [-0.4, -0.2) is 34.2 Å². The lowest BCUT2D eigenvalue weighted by Gasteiger charge is -2.13. The summed E-state index contributed by atoms with van der Waals surface area (Å²) in [6, 6.07) is 7.23. The highest BCUT2D eigenvalue weighted by atomic mass is 35.5. The van der Waals surface area contributed by atoms with Crippen molar-refractivity contribution in [1.82, 2.24) is 4.90 Å². The third kappa shape index (κ3) is 5.06. The van der Waals surface area contributed by atoms with E-state index in [0.29, 0.717) is 33.8 Å². The zero-order chi connectivity index (χ0) is 16.8. The Hall–Kier alpha value is -1.37. The summed E-state index contributed by atoms with van der Waals surface area (Å²) in [4.78, 5) is 25.8. The average molecular weight is 370 g/mol. The fourth-order valence-electron chi connectivity index (χ4n) is 2.02. The highest BCUT2D eigenvalue weighted by Crippen LogP contribution is 2.32. The number of benzene rings is 1. The molecule has 0 bridgehead atoms. The van der Waals surface area contributed by atoms with Crippen molar-refractivity contribution in [2.45, 2.75) is 19.8 Å². The van der Waals surface area contributed by atoms with Crippen LogP contribution in [0.2, 0.25) is 5.02 Å². The third-order valence-corrected chi connectivity index (χ3v) is 4.74. The number of carbonyl (C=O) groups excluding carboxylic acids is 2. The Labute approximate surface area is 149 Å². The molecule has 0 atom stereocenters. The molecule has 1 aromatic rings. The van der Waals surface area contributed by atoms with E-state index in [-0.39, 0.29) is 18.3 Å². The molecule has 122 valence electrons. The van der Waals surface area contributed by atoms with Crippen LogP contribution >= 0.6 is 35.6 Å². The van der Waals surface area contributed by atoms with E-state index in [2.05, 4.69) is 0 Å². The first-order valence-electron chi connectivity index (χ1n) is 7.18. The van der Waals surface area contributed by atoms with Gasteiger partial charge in [0.25, 0.3) is 5.91 Å². The van der Waals surface area contributed by atoms with Gasteiger partial charge in [0.2, 0.25) is 0 Å². The van der Waals surface area contributed by atoms with Crippen molar-refractivity contribution < 1.29 is 14.3 Å². The molecule has 0 radical (unpaired) electrons. The van der Waals surface area contributed by atoms with Gasteiger partial charge in [0.1, 0.15) is 4.32 Å². The lowest BCUT2D eigenvalue weighted by Crippen LogP contribution is -2.29. The summed E-state index contributed by atoms with van der Waals surface area (Å²) in [6.07, 6.45) is 2.60. The van der Waals surface area contributed by atoms with E-state index in [1.807, 2.05) is 12.1 Å². The monoisotopic (exact) mass is 369 g/mol. The van der Waals surface area contributed by atoms with E-state index in [0.717, 1.165) is 5.56 Å². The molecule has 0 saturated carbocycles. The van der Waals surface area contributed by atoms with Gasteiger partial charge in [-0.25, -0.2) is 0 Å². The molecule has 0 aliphatic carbocycles. The van der Waals surface area contributed by atoms with Crippen LogP contribution < -0.4 is 0 Å². The average Bonchev–Trinajstić information content (AvgIpc) is 2.77. The molecule has 0 aromatic heterocycles. The standard InChI is InChI=1S/C16H16ClNO3S2/c1-2-21-14(19)4-3-9-18-15(20)13(23-16(18)22)10-11-5-7-12(17)8-6-11/h5-8,10H,2-4,9H2,1H3/b13-10-. The molecule has 1 heterocycles. The highest BCUT2D eigenvalue weighted by Gasteiger charge is 2.31. The predicted molar refractivity (Wildman–Crippen MR) is 97.2 cm³/mol.